The van der Waals surface area contributed by atoms with Crippen molar-refractivity contribution in [2.45, 2.75) is 19.9 Å². The summed E-state index contributed by atoms with van der Waals surface area (Å²) in [4.78, 5) is 0. The molecule has 0 saturated carbocycles. The standard InChI is InChI=1S/C19H22N2/c1-3-12-20-13-15(2)14-21-18-10-6-4-8-16(18)17-9-5-7-11-19(17)21/h4-11,20H,2-3,12-14H2,1H3. The van der Waals surface area contributed by atoms with E-state index in [4.69, 9.17) is 0 Å². The molecule has 0 unspecified atom stereocenters. The molecule has 2 heteroatoms. The molecule has 0 bridgehead atoms. The number of rotatable bonds is 6. The average molecular weight is 278 g/mol. The zero-order valence-electron chi connectivity index (χ0n) is 12.6. The van der Waals surface area contributed by atoms with Gasteiger partial charge in [-0.05, 0) is 30.7 Å². The Balaban J connectivity index is 1.98. The number of hydrogen-bond donors (Lipinski definition) is 1. The fraction of sp³-hybridized carbons (Fsp3) is 0.263. The van der Waals surface area contributed by atoms with Crippen molar-refractivity contribution in [2.24, 2.45) is 0 Å². The average Bonchev–Trinajstić information content (AvgIpc) is 2.83. The van der Waals surface area contributed by atoms with Gasteiger partial charge in [0, 0.05) is 34.9 Å². The molecule has 0 aliphatic carbocycles. The Morgan fingerprint density at radius 1 is 1.00 bits per heavy atom. The minimum absolute atomic E-state index is 0.866. The van der Waals surface area contributed by atoms with Gasteiger partial charge in [0.25, 0.3) is 0 Å². The molecule has 0 aliphatic heterocycles. The first kappa shape index (κ1) is 13.9. The monoisotopic (exact) mass is 278 g/mol. The van der Waals surface area contributed by atoms with Gasteiger partial charge in [-0.15, -0.1) is 0 Å². The third-order valence-corrected chi connectivity index (χ3v) is 3.86. The van der Waals surface area contributed by atoms with E-state index in [1.54, 1.807) is 0 Å². The second-order valence-corrected chi connectivity index (χ2v) is 5.55. The van der Waals surface area contributed by atoms with Crippen LogP contribution in [0.2, 0.25) is 0 Å². The van der Waals surface area contributed by atoms with Crippen LogP contribution >= 0.6 is 0 Å². The second-order valence-electron chi connectivity index (χ2n) is 5.55. The molecule has 3 rings (SSSR count). The summed E-state index contributed by atoms with van der Waals surface area (Å²) in [5, 5.41) is 6.07. The molecule has 1 heterocycles. The number of hydrogen-bond acceptors (Lipinski definition) is 1. The fourth-order valence-corrected chi connectivity index (χ4v) is 2.90. The van der Waals surface area contributed by atoms with E-state index in [9.17, 15) is 0 Å². The van der Waals surface area contributed by atoms with Crippen LogP contribution in [0.25, 0.3) is 21.8 Å². The normalized spacial score (nSPS) is 11.3. The predicted octanol–water partition coefficient (Wildman–Crippen LogP) is 4.35. The molecule has 2 nitrogen and oxygen atoms in total. The third-order valence-electron chi connectivity index (χ3n) is 3.86. The molecule has 0 saturated heterocycles. The van der Waals surface area contributed by atoms with Crippen molar-refractivity contribution >= 4 is 21.8 Å². The molecule has 2 aromatic carbocycles. The van der Waals surface area contributed by atoms with E-state index in [-0.39, 0.29) is 0 Å². The molecule has 0 spiro atoms. The van der Waals surface area contributed by atoms with E-state index in [0.29, 0.717) is 0 Å². The van der Waals surface area contributed by atoms with Gasteiger partial charge in [-0.1, -0.05) is 49.9 Å². The molecule has 108 valence electrons. The predicted molar refractivity (Wildman–Crippen MR) is 91.7 cm³/mol. The number of fused-ring (bicyclic) bond motifs is 3. The summed E-state index contributed by atoms with van der Waals surface area (Å²) < 4.78 is 2.38. The Kier molecular flexibility index (Phi) is 4.07. The Hall–Kier alpha value is -2.06. The summed E-state index contributed by atoms with van der Waals surface area (Å²) in [5.74, 6) is 0. The SMILES string of the molecule is C=C(CNCCC)Cn1c2ccccc2c2ccccc21. The number of nitrogens with one attached hydrogen (secondary N) is 1. The maximum atomic E-state index is 4.23. The molecule has 0 aliphatic rings. The highest BCUT2D eigenvalue weighted by Gasteiger charge is 2.09. The lowest BCUT2D eigenvalue weighted by Gasteiger charge is -2.11. The minimum atomic E-state index is 0.866. The first-order chi connectivity index (χ1) is 10.3. The van der Waals surface area contributed by atoms with Crippen LogP contribution in [-0.4, -0.2) is 17.7 Å². The van der Waals surface area contributed by atoms with E-state index in [0.717, 1.165) is 26.1 Å². The minimum Gasteiger partial charge on any atom is -0.336 e. The molecule has 1 aromatic heterocycles. The summed E-state index contributed by atoms with van der Waals surface area (Å²) in [5.41, 5.74) is 3.79. The van der Waals surface area contributed by atoms with Crippen LogP contribution in [0.4, 0.5) is 0 Å². The molecule has 1 N–H and O–H groups in total. The van der Waals surface area contributed by atoms with Crippen LogP contribution < -0.4 is 5.32 Å². The van der Waals surface area contributed by atoms with Crippen molar-refractivity contribution in [1.29, 1.82) is 0 Å². The third kappa shape index (κ3) is 2.72. The summed E-state index contributed by atoms with van der Waals surface area (Å²) in [6.45, 7) is 9.21. The van der Waals surface area contributed by atoms with Gasteiger partial charge in [-0.2, -0.15) is 0 Å². The molecular formula is C19H22N2. The summed E-state index contributed by atoms with van der Waals surface area (Å²) in [6.07, 6.45) is 1.16. The number of nitrogens with zero attached hydrogens (tertiary/aromatic N) is 1. The lowest BCUT2D eigenvalue weighted by Crippen LogP contribution is -2.19. The maximum absolute atomic E-state index is 4.23. The van der Waals surface area contributed by atoms with Gasteiger partial charge < -0.3 is 9.88 Å². The van der Waals surface area contributed by atoms with Gasteiger partial charge in [-0.3, -0.25) is 0 Å². The van der Waals surface area contributed by atoms with Crippen molar-refractivity contribution in [3.05, 3.63) is 60.7 Å². The van der Waals surface area contributed by atoms with Crippen LogP contribution in [0.3, 0.4) is 0 Å². The summed E-state index contributed by atoms with van der Waals surface area (Å²) in [6, 6.07) is 17.2. The largest absolute Gasteiger partial charge is 0.336 e. The van der Waals surface area contributed by atoms with Gasteiger partial charge in [0.1, 0.15) is 0 Å². The van der Waals surface area contributed by atoms with Crippen molar-refractivity contribution in [1.82, 2.24) is 9.88 Å². The van der Waals surface area contributed by atoms with E-state index in [2.05, 4.69) is 71.9 Å². The number of aromatic nitrogens is 1. The van der Waals surface area contributed by atoms with E-state index in [1.807, 2.05) is 0 Å². The zero-order valence-corrected chi connectivity index (χ0v) is 12.6. The van der Waals surface area contributed by atoms with Crippen LogP contribution in [0.1, 0.15) is 13.3 Å². The topological polar surface area (TPSA) is 17.0 Å². The van der Waals surface area contributed by atoms with Crippen LogP contribution in [0.5, 0.6) is 0 Å². The highest BCUT2D eigenvalue weighted by molar-refractivity contribution is 6.07. The van der Waals surface area contributed by atoms with E-state index >= 15 is 0 Å². The molecular weight excluding hydrogens is 256 g/mol. The van der Waals surface area contributed by atoms with Gasteiger partial charge >= 0.3 is 0 Å². The van der Waals surface area contributed by atoms with Gasteiger partial charge in [0.05, 0.1) is 0 Å². The summed E-state index contributed by atoms with van der Waals surface area (Å²) in [7, 11) is 0. The Morgan fingerprint density at radius 3 is 2.14 bits per heavy atom. The highest BCUT2D eigenvalue weighted by Crippen LogP contribution is 2.29. The Labute approximate surface area is 126 Å². The van der Waals surface area contributed by atoms with Crippen LogP contribution in [0.15, 0.2) is 60.7 Å². The van der Waals surface area contributed by atoms with E-state index in [1.165, 1.54) is 27.4 Å². The molecule has 0 fully saturated rings. The molecule has 0 radical (unpaired) electrons. The van der Waals surface area contributed by atoms with Crippen molar-refractivity contribution in [3.8, 4) is 0 Å². The van der Waals surface area contributed by atoms with Gasteiger partial charge in [0.2, 0.25) is 0 Å². The Morgan fingerprint density at radius 2 is 1.57 bits per heavy atom. The Bertz CT molecular complexity index is 714. The van der Waals surface area contributed by atoms with Crippen molar-refractivity contribution < 1.29 is 0 Å². The fourth-order valence-electron chi connectivity index (χ4n) is 2.90. The smallest absolute Gasteiger partial charge is 0.0494 e. The molecule has 0 atom stereocenters. The van der Waals surface area contributed by atoms with Gasteiger partial charge in [-0.25, -0.2) is 0 Å². The number of benzene rings is 2. The molecule has 21 heavy (non-hydrogen) atoms. The molecule has 0 amide bonds. The highest BCUT2D eigenvalue weighted by atomic mass is 15.0. The van der Waals surface area contributed by atoms with E-state index < -0.39 is 0 Å². The van der Waals surface area contributed by atoms with Crippen LogP contribution in [0, 0.1) is 0 Å². The maximum Gasteiger partial charge on any atom is 0.0494 e. The quantitative estimate of drug-likeness (QED) is 0.524. The van der Waals surface area contributed by atoms with Crippen LogP contribution in [-0.2, 0) is 6.54 Å². The zero-order chi connectivity index (χ0) is 14.7. The second kappa shape index (κ2) is 6.15. The first-order valence-electron chi connectivity index (χ1n) is 7.64. The number of para-hydroxylation sites is 2. The lowest BCUT2D eigenvalue weighted by molar-refractivity contribution is 0.686. The lowest BCUT2D eigenvalue weighted by atomic mass is 10.2. The molecule has 3 aromatic rings. The first-order valence-corrected chi connectivity index (χ1v) is 7.64. The summed E-state index contributed by atoms with van der Waals surface area (Å²) >= 11 is 0. The van der Waals surface area contributed by atoms with Crippen molar-refractivity contribution in [2.75, 3.05) is 13.1 Å². The van der Waals surface area contributed by atoms with Gasteiger partial charge in [0.15, 0.2) is 0 Å². The van der Waals surface area contributed by atoms with Crippen molar-refractivity contribution in [3.63, 3.8) is 0 Å².